The number of nitrogens with zero attached hydrogens (tertiary/aromatic N) is 3. The first-order valence-electron chi connectivity index (χ1n) is 10.9. The molecule has 2 aliphatic rings. The Kier molecular flexibility index (Phi) is 6.65. The molecule has 1 saturated heterocycles. The second kappa shape index (κ2) is 9.77. The second-order valence-corrected chi connectivity index (χ2v) is 8.23. The summed E-state index contributed by atoms with van der Waals surface area (Å²) in [7, 11) is 1.65. The lowest BCUT2D eigenvalue weighted by atomic mass is 9.81. The van der Waals surface area contributed by atoms with Gasteiger partial charge in [-0.1, -0.05) is 30.4 Å². The van der Waals surface area contributed by atoms with Gasteiger partial charge in [0.15, 0.2) is 0 Å². The molecule has 0 saturated carbocycles. The van der Waals surface area contributed by atoms with E-state index in [9.17, 15) is 9.59 Å². The molecule has 0 bridgehead atoms. The minimum atomic E-state index is -0.0311. The van der Waals surface area contributed by atoms with Gasteiger partial charge in [0.25, 0.3) is 5.91 Å². The number of rotatable bonds is 5. The molecule has 0 unspecified atom stereocenters. The third kappa shape index (κ3) is 4.95. The van der Waals surface area contributed by atoms with Crippen LogP contribution in [0, 0.1) is 11.8 Å². The first-order chi connectivity index (χ1) is 15.2. The molecule has 1 fully saturated rings. The van der Waals surface area contributed by atoms with Gasteiger partial charge >= 0.3 is 0 Å². The summed E-state index contributed by atoms with van der Waals surface area (Å²) >= 11 is 0. The molecular formula is C25H29N3O3. The Labute approximate surface area is 183 Å². The summed E-state index contributed by atoms with van der Waals surface area (Å²) in [5, 5.41) is 0. The number of carbonyl (C=O) groups is 2. The van der Waals surface area contributed by atoms with Crippen LogP contribution in [0.15, 0.2) is 60.8 Å². The summed E-state index contributed by atoms with van der Waals surface area (Å²) in [6.07, 6.45) is 8.34. The SMILES string of the molecule is COc1cccc(CN2CC=CC[C@@H](C3CCN(C(=O)c4ccccn4)CC3)C2=O)c1. The molecule has 4 rings (SSSR count). The molecule has 2 aliphatic heterocycles. The summed E-state index contributed by atoms with van der Waals surface area (Å²) in [6, 6.07) is 13.3. The summed E-state index contributed by atoms with van der Waals surface area (Å²) in [5.41, 5.74) is 1.55. The number of piperidine rings is 1. The largest absolute Gasteiger partial charge is 0.497 e. The van der Waals surface area contributed by atoms with Crippen LogP contribution in [0.2, 0.25) is 0 Å². The number of likely N-dealkylation sites (tertiary alicyclic amines) is 1. The molecule has 6 nitrogen and oxygen atoms in total. The van der Waals surface area contributed by atoms with Crippen LogP contribution >= 0.6 is 0 Å². The normalized spacial score (nSPS) is 19.9. The molecule has 2 amide bonds. The molecule has 31 heavy (non-hydrogen) atoms. The number of hydrogen-bond acceptors (Lipinski definition) is 4. The van der Waals surface area contributed by atoms with Crippen LogP contribution in [0.1, 0.15) is 35.3 Å². The fourth-order valence-corrected chi connectivity index (χ4v) is 4.55. The summed E-state index contributed by atoms with van der Waals surface area (Å²) < 4.78 is 5.32. The van der Waals surface area contributed by atoms with Gasteiger partial charge in [-0.15, -0.1) is 0 Å². The van der Waals surface area contributed by atoms with Crippen molar-refractivity contribution in [1.29, 1.82) is 0 Å². The Hall–Kier alpha value is -3.15. The quantitative estimate of drug-likeness (QED) is 0.696. The number of carbonyl (C=O) groups excluding carboxylic acids is 2. The third-order valence-corrected chi connectivity index (χ3v) is 6.30. The van der Waals surface area contributed by atoms with Crippen molar-refractivity contribution < 1.29 is 14.3 Å². The second-order valence-electron chi connectivity index (χ2n) is 8.23. The van der Waals surface area contributed by atoms with Gasteiger partial charge < -0.3 is 14.5 Å². The zero-order valence-corrected chi connectivity index (χ0v) is 17.9. The molecule has 2 aromatic rings. The van der Waals surface area contributed by atoms with Gasteiger partial charge in [0.2, 0.25) is 5.91 Å². The predicted molar refractivity (Wildman–Crippen MR) is 119 cm³/mol. The fourth-order valence-electron chi connectivity index (χ4n) is 4.55. The molecule has 1 aromatic heterocycles. The molecule has 162 valence electrons. The Morgan fingerprint density at radius 1 is 1.13 bits per heavy atom. The molecule has 0 radical (unpaired) electrons. The fraction of sp³-hybridized carbons (Fsp3) is 0.400. The van der Waals surface area contributed by atoms with Crippen molar-refractivity contribution in [3.05, 3.63) is 72.1 Å². The predicted octanol–water partition coefficient (Wildman–Crippen LogP) is 3.55. The number of aromatic nitrogens is 1. The van der Waals surface area contributed by atoms with E-state index in [1.807, 2.05) is 46.2 Å². The van der Waals surface area contributed by atoms with Gasteiger partial charge in [-0.2, -0.15) is 0 Å². The highest BCUT2D eigenvalue weighted by atomic mass is 16.5. The van der Waals surface area contributed by atoms with E-state index < -0.39 is 0 Å². The van der Waals surface area contributed by atoms with Crippen LogP contribution in [0.25, 0.3) is 0 Å². The monoisotopic (exact) mass is 419 g/mol. The molecule has 3 heterocycles. The van der Waals surface area contributed by atoms with Gasteiger partial charge in [-0.3, -0.25) is 14.6 Å². The van der Waals surface area contributed by atoms with Crippen LogP contribution in [-0.2, 0) is 11.3 Å². The van der Waals surface area contributed by atoms with Crippen LogP contribution in [0.3, 0.4) is 0 Å². The van der Waals surface area contributed by atoms with E-state index in [-0.39, 0.29) is 23.7 Å². The van der Waals surface area contributed by atoms with Gasteiger partial charge in [0.05, 0.1) is 7.11 Å². The number of hydrogen-bond donors (Lipinski definition) is 0. The van der Waals surface area contributed by atoms with Crippen LogP contribution in [0.4, 0.5) is 0 Å². The number of benzene rings is 1. The Morgan fingerprint density at radius 2 is 1.97 bits per heavy atom. The highest BCUT2D eigenvalue weighted by molar-refractivity contribution is 5.92. The number of ether oxygens (including phenoxy) is 1. The zero-order chi connectivity index (χ0) is 21.6. The summed E-state index contributed by atoms with van der Waals surface area (Å²) in [4.78, 5) is 34.1. The lowest BCUT2D eigenvalue weighted by Crippen LogP contribution is -2.44. The van der Waals surface area contributed by atoms with Crippen molar-refractivity contribution in [2.75, 3.05) is 26.7 Å². The maximum atomic E-state index is 13.4. The van der Waals surface area contributed by atoms with Crippen molar-refractivity contribution in [3.8, 4) is 5.75 Å². The van der Waals surface area contributed by atoms with E-state index >= 15 is 0 Å². The van der Waals surface area contributed by atoms with E-state index in [1.54, 1.807) is 19.4 Å². The van der Waals surface area contributed by atoms with Gasteiger partial charge in [0, 0.05) is 38.3 Å². The highest BCUT2D eigenvalue weighted by Crippen LogP contribution is 2.31. The zero-order valence-electron chi connectivity index (χ0n) is 17.9. The average Bonchev–Trinajstić information content (AvgIpc) is 3.01. The first kappa shape index (κ1) is 21.1. The van der Waals surface area contributed by atoms with E-state index in [0.717, 1.165) is 30.6 Å². The molecular weight excluding hydrogens is 390 g/mol. The first-order valence-corrected chi connectivity index (χ1v) is 10.9. The molecule has 1 aromatic carbocycles. The summed E-state index contributed by atoms with van der Waals surface area (Å²) in [5.74, 6) is 1.25. The van der Waals surface area contributed by atoms with E-state index in [0.29, 0.717) is 31.9 Å². The van der Waals surface area contributed by atoms with Gasteiger partial charge in [0.1, 0.15) is 11.4 Å². The van der Waals surface area contributed by atoms with E-state index in [2.05, 4.69) is 17.1 Å². The summed E-state index contributed by atoms with van der Waals surface area (Å²) in [6.45, 7) is 2.55. The van der Waals surface area contributed by atoms with Crippen molar-refractivity contribution >= 4 is 11.8 Å². The minimum absolute atomic E-state index is 0.0224. The Morgan fingerprint density at radius 3 is 2.71 bits per heavy atom. The maximum Gasteiger partial charge on any atom is 0.272 e. The highest BCUT2D eigenvalue weighted by Gasteiger charge is 2.35. The van der Waals surface area contributed by atoms with Crippen LogP contribution in [0.5, 0.6) is 5.75 Å². The molecule has 0 N–H and O–H groups in total. The van der Waals surface area contributed by atoms with Crippen molar-refractivity contribution in [2.24, 2.45) is 11.8 Å². The number of amides is 2. The van der Waals surface area contributed by atoms with E-state index in [4.69, 9.17) is 4.74 Å². The van der Waals surface area contributed by atoms with Gasteiger partial charge in [-0.05, 0) is 55.0 Å². The smallest absolute Gasteiger partial charge is 0.272 e. The molecule has 0 aliphatic carbocycles. The number of pyridine rings is 1. The van der Waals surface area contributed by atoms with Crippen LogP contribution < -0.4 is 4.74 Å². The third-order valence-electron chi connectivity index (χ3n) is 6.30. The van der Waals surface area contributed by atoms with Crippen molar-refractivity contribution in [1.82, 2.24) is 14.8 Å². The molecule has 6 heteroatoms. The number of allylic oxidation sites excluding steroid dienone is 1. The van der Waals surface area contributed by atoms with E-state index in [1.165, 1.54) is 0 Å². The van der Waals surface area contributed by atoms with Crippen molar-refractivity contribution in [2.45, 2.75) is 25.8 Å². The van der Waals surface area contributed by atoms with Crippen molar-refractivity contribution in [3.63, 3.8) is 0 Å². The van der Waals surface area contributed by atoms with Crippen LogP contribution in [-0.4, -0.2) is 53.3 Å². The Balaban J connectivity index is 1.39. The lowest BCUT2D eigenvalue weighted by Gasteiger charge is -2.36. The number of methoxy groups -OCH3 is 1. The minimum Gasteiger partial charge on any atom is -0.497 e. The molecule has 1 atom stereocenters. The maximum absolute atomic E-state index is 13.4. The molecule has 0 spiro atoms. The standard InChI is InChI=1S/C25H29N3O3/c1-31-21-8-6-7-19(17-21)18-28-14-5-3-9-22(24(28)29)20-11-15-27(16-12-20)25(30)23-10-2-4-13-26-23/h2-8,10,13,17,20,22H,9,11-12,14-16,18H2,1H3/t22-/m0/s1. The Bertz CT molecular complexity index is 936. The topological polar surface area (TPSA) is 62.7 Å². The van der Waals surface area contributed by atoms with Gasteiger partial charge in [-0.25, -0.2) is 0 Å². The average molecular weight is 420 g/mol. The lowest BCUT2D eigenvalue weighted by molar-refractivity contribution is -0.137.